The number of non-ortho nitro benzene ring substituents is 1. The number of nitrogens with one attached hydrogen (secondary N) is 1. The molecule has 0 saturated heterocycles. The van der Waals surface area contributed by atoms with Gasteiger partial charge in [-0.2, -0.15) is 0 Å². The van der Waals surface area contributed by atoms with Crippen molar-refractivity contribution in [2.45, 2.75) is 19.4 Å². The van der Waals surface area contributed by atoms with Gasteiger partial charge in [0.15, 0.2) is 6.61 Å². The quantitative estimate of drug-likeness (QED) is 0.149. The molecule has 8 heteroatoms. The van der Waals surface area contributed by atoms with E-state index in [1.54, 1.807) is 49.4 Å². The predicted octanol–water partition coefficient (Wildman–Crippen LogP) is 5.35. The second kappa shape index (κ2) is 11.1. The molecule has 1 amide bonds. The van der Waals surface area contributed by atoms with E-state index in [9.17, 15) is 19.7 Å². The van der Waals surface area contributed by atoms with Crippen molar-refractivity contribution in [1.82, 2.24) is 5.32 Å². The number of esters is 1. The van der Waals surface area contributed by atoms with Crippen LogP contribution >= 0.6 is 0 Å². The molecule has 0 aromatic heterocycles. The number of hydrogen-bond donors (Lipinski definition) is 1. The van der Waals surface area contributed by atoms with Gasteiger partial charge in [-0.25, -0.2) is 4.79 Å². The van der Waals surface area contributed by atoms with Crippen molar-refractivity contribution in [2.75, 3.05) is 6.61 Å². The van der Waals surface area contributed by atoms with Gasteiger partial charge in [-0.15, -0.1) is 0 Å². The number of ether oxygens (including phenoxy) is 2. The van der Waals surface area contributed by atoms with Crippen LogP contribution in [0.15, 0.2) is 91.0 Å². The lowest BCUT2D eigenvalue weighted by Crippen LogP contribution is -2.29. The van der Waals surface area contributed by atoms with Crippen LogP contribution in [0.5, 0.6) is 11.5 Å². The standard InChI is InChI=1S/C28H24N2O6/c1-2-25(31)29-28(20-10-8-11-21(17-20)30(33)34)27-23-14-7-6-9-19(23)15-16-24(27)36-26(32)18-35-22-12-4-3-5-13-22/h3-17,28H,2,18H2,1H3,(H,29,31). The van der Waals surface area contributed by atoms with Crippen LogP contribution in [0.25, 0.3) is 10.8 Å². The van der Waals surface area contributed by atoms with Crippen molar-refractivity contribution >= 4 is 28.3 Å². The van der Waals surface area contributed by atoms with Gasteiger partial charge in [-0.3, -0.25) is 14.9 Å². The number of amides is 1. The third kappa shape index (κ3) is 5.67. The van der Waals surface area contributed by atoms with Crippen molar-refractivity contribution < 1.29 is 24.0 Å². The molecule has 0 fully saturated rings. The summed E-state index contributed by atoms with van der Waals surface area (Å²) in [5, 5.41) is 16.0. The Morgan fingerprint density at radius 2 is 1.69 bits per heavy atom. The van der Waals surface area contributed by atoms with E-state index >= 15 is 0 Å². The van der Waals surface area contributed by atoms with Crippen molar-refractivity contribution in [3.8, 4) is 11.5 Å². The van der Waals surface area contributed by atoms with Crippen LogP contribution < -0.4 is 14.8 Å². The highest BCUT2D eigenvalue weighted by Gasteiger charge is 2.25. The molecule has 1 atom stereocenters. The first-order valence-corrected chi connectivity index (χ1v) is 11.4. The summed E-state index contributed by atoms with van der Waals surface area (Å²) in [6.07, 6.45) is 0.205. The third-order valence-electron chi connectivity index (χ3n) is 5.58. The summed E-state index contributed by atoms with van der Waals surface area (Å²) < 4.78 is 11.2. The van der Waals surface area contributed by atoms with Crippen molar-refractivity contribution in [1.29, 1.82) is 0 Å². The van der Waals surface area contributed by atoms with Gasteiger partial charge in [0.1, 0.15) is 11.5 Å². The van der Waals surface area contributed by atoms with Crippen LogP contribution in [-0.2, 0) is 9.59 Å². The first-order valence-electron chi connectivity index (χ1n) is 11.4. The molecule has 0 aliphatic carbocycles. The largest absolute Gasteiger partial charge is 0.482 e. The molecule has 4 rings (SSSR count). The van der Waals surface area contributed by atoms with E-state index in [0.717, 1.165) is 10.8 Å². The number of para-hydroxylation sites is 1. The Hall–Kier alpha value is -4.72. The van der Waals surface area contributed by atoms with Crippen molar-refractivity contribution in [3.63, 3.8) is 0 Å². The lowest BCUT2D eigenvalue weighted by Gasteiger charge is -2.24. The Labute approximate surface area is 207 Å². The molecule has 0 aliphatic heterocycles. The molecule has 1 N–H and O–H groups in total. The van der Waals surface area contributed by atoms with E-state index in [4.69, 9.17) is 9.47 Å². The highest BCUT2D eigenvalue weighted by atomic mass is 16.6. The summed E-state index contributed by atoms with van der Waals surface area (Å²) in [4.78, 5) is 36.2. The monoisotopic (exact) mass is 484 g/mol. The topological polar surface area (TPSA) is 108 Å². The van der Waals surface area contributed by atoms with Crippen LogP contribution in [-0.4, -0.2) is 23.4 Å². The van der Waals surface area contributed by atoms with E-state index in [0.29, 0.717) is 16.9 Å². The summed E-state index contributed by atoms with van der Waals surface area (Å²) in [5.41, 5.74) is 0.891. The molecular formula is C28H24N2O6. The molecule has 1 unspecified atom stereocenters. The van der Waals surface area contributed by atoms with E-state index in [1.807, 2.05) is 36.4 Å². The van der Waals surface area contributed by atoms with Gasteiger partial charge in [0, 0.05) is 24.1 Å². The van der Waals surface area contributed by atoms with Crippen LogP contribution in [0, 0.1) is 10.1 Å². The van der Waals surface area contributed by atoms with Crippen molar-refractivity contribution in [2.24, 2.45) is 0 Å². The number of fused-ring (bicyclic) bond motifs is 1. The maximum atomic E-state index is 12.7. The fourth-order valence-electron chi connectivity index (χ4n) is 3.88. The average Bonchev–Trinajstić information content (AvgIpc) is 2.91. The Kier molecular flexibility index (Phi) is 7.55. The lowest BCUT2D eigenvalue weighted by molar-refractivity contribution is -0.384. The first kappa shape index (κ1) is 24.4. The predicted molar refractivity (Wildman–Crippen MR) is 135 cm³/mol. The lowest BCUT2D eigenvalue weighted by atomic mass is 9.92. The number of nitro benzene ring substituents is 1. The van der Waals surface area contributed by atoms with Gasteiger partial charge < -0.3 is 14.8 Å². The molecule has 0 radical (unpaired) electrons. The van der Waals surface area contributed by atoms with Crippen LogP contribution in [0.4, 0.5) is 5.69 Å². The van der Waals surface area contributed by atoms with Crippen LogP contribution in [0.1, 0.15) is 30.5 Å². The Morgan fingerprint density at radius 1 is 0.944 bits per heavy atom. The zero-order valence-electron chi connectivity index (χ0n) is 19.5. The van der Waals surface area contributed by atoms with Gasteiger partial charge in [-0.1, -0.05) is 67.6 Å². The number of benzene rings is 4. The molecule has 0 spiro atoms. The van der Waals surface area contributed by atoms with Gasteiger partial charge in [0.2, 0.25) is 5.91 Å². The highest BCUT2D eigenvalue weighted by Crippen LogP contribution is 2.37. The van der Waals surface area contributed by atoms with Gasteiger partial charge in [0.05, 0.1) is 11.0 Å². The van der Waals surface area contributed by atoms with E-state index in [2.05, 4.69) is 5.32 Å². The van der Waals surface area contributed by atoms with Gasteiger partial charge >= 0.3 is 5.97 Å². The molecule has 0 aliphatic rings. The number of nitrogens with zero attached hydrogens (tertiary/aromatic N) is 1. The second-order valence-electron chi connectivity index (χ2n) is 7.98. The molecule has 4 aromatic carbocycles. The zero-order valence-corrected chi connectivity index (χ0v) is 19.5. The fourth-order valence-corrected chi connectivity index (χ4v) is 3.88. The normalized spacial score (nSPS) is 11.5. The minimum atomic E-state index is -0.804. The maximum Gasteiger partial charge on any atom is 0.349 e. The Balaban J connectivity index is 1.77. The average molecular weight is 485 g/mol. The molecule has 36 heavy (non-hydrogen) atoms. The molecular weight excluding hydrogens is 460 g/mol. The maximum absolute atomic E-state index is 12.7. The Morgan fingerprint density at radius 3 is 2.44 bits per heavy atom. The third-order valence-corrected chi connectivity index (χ3v) is 5.58. The molecule has 0 bridgehead atoms. The van der Waals surface area contributed by atoms with E-state index in [1.165, 1.54) is 12.1 Å². The summed E-state index contributed by atoms with van der Waals surface area (Å²) in [5.74, 6) is -0.139. The second-order valence-corrected chi connectivity index (χ2v) is 7.98. The number of carbonyl (C=O) groups is 2. The zero-order chi connectivity index (χ0) is 25.5. The smallest absolute Gasteiger partial charge is 0.349 e. The van der Waals surface area contributed by atoms with E-state index in [-0.39, 0.29) is 30.4 Å². The molecule has 0 saturated carbocycles. The van der Waals surface area contributed by atoms with Gasteiger partial charge in [-0.05, 0) is 34.5 Å². The summed E-state index contributed by atoms with van der Waals surface area (Å²) in [6, 6.07) is 25.0. The highest BCUT2D eigenvalue weighted by molar-refractivity contribution is 5.90. The van der Waals surface area contributed by atoms with Crippen LogP contribution in [0.3, 0.4) is 0 Å². The molecule has 4 aromatic rings. The molecule has 182 valence electrons. The minimum absolute atomic E-state index is 0.113. The van der Waals surface area contributed by atoms with Gasteiger partial charge in [0.25, 0.3) is 5.69 Å². The minimum Gasteiger partial charge on any atom is -0.482 e. The summed E-state index contributed by atoms with van der Waals surface area (Å²) >= 11 is 0. The molecule has 0 heterocycles. The SMILES string of the molecule is CCC(=O)NC(c1cccc([N+](=O)[O-])c1)c1c(OC(=O)COc2ccccc2)ccc2ccccc12. The van der Waals surface area contributed by atoms with E-state index < -0.39 is 16.9 Å². The van der Waals surface area contributed by atoms with Crippen molar-refractivity contribution in [3.05, 3.63) is 112 Å². The molecule has 8 nitrogen and oxygen atoms in total. The Bertz CT molecular complexity index is 1400. The number of hydrogen-bond acceptors (Lipinski definition) is 6. The van der Waals surface area contributed by atoms with Crippen LogP contribution in [0.2, 0.25) is 0 Å². The summed E-state index contributed by atoms with van der Waals surface area (Å²) in [6.45, 7) is 1.39. The summed E-state index contributed by atoms with van der Waals surface area (Å²) in [7, 11) is 0. The number of nitro groups is 1. The number of rotatable bonds is 9. The fraction of sp³-hybridized carbons (Fsp3) is 0.143. The first-order chi connectivity index (χ1) is 17.5. The number of carbonyl (C=O) groups excluding carboxylic acids is 2.